The fourth-order valence-corrected chi connectivity index (χ4v) is 1.29. The van der Waals surface area contributed by atoms with Gasteiger partial charge in [0.2, 0.25) is 0 Å². The molecule has 1 aromatic carbocycles. The van der Waals surface area contributed by atoms with E-state index in [-0.39, 0.29) is 0 Å². The number of aliphatic hydroxyl groups is 1. The summed E-state index contributed by atoms with van der Waals surface area (Å²) in [5.74, 6) is 0. The first-order valence-electron chi connectivity index (χ1n) is 5.24. The van der Waals surface area contributed by atoms with Crippen LogP contribution in [0.2, 0.25) is 0 Å². The maximum atomic E-state index is 13.7. The second kappa shape index (κ2) is 5.14. The van der Waals surface area contributed by atoms with Gasteiger partial charge in [0.1, 0.15) is 6.17 Å². The van der Waals surface area contributed by atoms with Crippen LogP contribution in [0.3, 0.4) is 0 Å². The number of rotatable bonds is 4. The number of para-hydroxylation sites is 1. The van der Waals surface area contributed by atoms with Gasteiger partial charge in [0.25, 0.3) is 0 Å². The number of alkyl halides is 1. The van der Waals surface area contributed by atoms with E-state index < -0.39 is 24.4 Å². The van der Waals surface area contributed by atoms with E-state index >= 15 is 0 Å². The molecule has 0 bridgehead atoms. The lowest BCUT2D eigenvalue weighted by Gasteiger charge is -2.27. The van der Waals surface area contributed by atoms with E-state index in [1.807, 2.05) is 0 Å². The second-order valence-corrected chi connectivity index (χ2v) is 4.35. The van der Waals surface area contributed by atoms with Crippen molar-refractivity contribution in [3.05, 3.63) is 30.3 Å². The zero-order chi connectivity index (χ0) is 13.1. The van der Waals surface area contributed by atoms with Crippen molar-refractivity contribution in [1.29, 1.82) is 0 Å². The SMILES string of the molecule is CC(C)(O)[C@H](F)CN(C(=O)O)c1ccccc1. The van der Waals surface area contributed by atoms with Gasteiger partial charge >= 0.3 is 6.09 Å². The van der Waals surface area contributed by atoms with E-state index in [2.05, 4.69) is 0 Å². The number of carbonyl (C=O) groups is 1. The molecule has 0 saturated carbocycles. The summed E-state index contributed by atoms with van der Waals surface area (Å²) in [6.45, 7) is 2.22. The standard InChI is InChI=1S/C12H16FNO3/c1-12(2,17)10(13)8-14(11(15)16)9-6-4-3-5-7-9/h3-7,10,17H,8H2,1-2H3,(H,15,16)/t10-/m1/s1. The summed E-state index contributed by atoms with van der Waals surface area (Å²) in [5, 5.41) is 18.5. The molecule has 0 radical (unpaired) electrons. The third kappa shape index (κ3) is 3.71. The fraction of sp³-hybridized carbons (Fsp3) is 0.417. The lowest BCUT2D eigenvalue weighted by molar-refractivity contribution is 0.000878. The molecule has 0 aliphatic carbocycles. The molecule has 0 aromatic heterocycles. The summed E-state index contributed by atoms with van der Waals surface area (Å²) >= 11 is 0. The molecule has 1 amide bonds. The molecular weight excluding hydrogens is 225 g/mol. The van der Waals surface area contributed by atoms with Crippen LogP contribution in [0.15, 0.2) is 30.3 Å². The van der Waals surface area contributed by atoms with Crippen molar-refractivity contribution in [3.8, 4) is 0 Å². The van der Waals surface area contributed by atoms with Crippen LogP contribution in [0.25, 0.3) is 0 Å². The Bertz CT molecular complexity index is 375. The lowest BCUT2D eigenvalue weighted by atomic mass is 10.0. The van der Waals surface area contributed by atoms with Crippen LogP contribution in [0.4, 0.5) is 14.9 Å². The Morgan fingerprint density at radius 3 is 2.35 bits per heavy atom. The average Bonchev–Trinajstić information content (AvgIpc) is 2.25. The van der Waals surface area contributed by atoms with Gasteiger partial charge in [-0.2, -0.15) is 0 Å². The minimum absolute atomic E-state index is 0.381. The van der Waals surface area contributed by atoms with Gasteiger partial charge < -0.3 is 10.2 Å². The zero-order valence-electron chi connectivity index (χ0n) is 9.80. The second-order valence-electron chi connectivity index (χ2n) is 4.35. The molecule has 0 aliphatic rings. The Labute approximate surface area is 99.3 Å². The highest BCUT2D eigenvalue weighted by Gasteiger charge is 2.30. The highest BCUT2D eigenvalue weighted by atomic mass is 19.1. The van der Waals surface area contributed by atoms with Crippen LogP contribution in [-0.2, 0) is 0 Å². The molecule has 0 heterocycles. The van der Waals surface area contributed by atoms with Crippen LogP contribution in [0, 0.1) is 0 Å². The fourth-order valence-electron chi connectivity index (χ4n) is 1.29. The van der Waals surface area contributed by atoms with Crippen LogP contribution in [0.5, 0.6) is 0 Å². The molecule has 0 fully saturated rings. The number of benzene rings is 1. The van der Waals surface area contributed by atoms with Gasteiger partial charge in [0, 0.05) is 5.69 Å². The number of carboxylic acid groups (broad SMARTS) is 1. The monoisotopic (exact) mass is 241 g/mol. The molecular formula is C12H16FNO3. The molecule has 0 aliphatic heterocycles. The van der Waals surface area contributed by atoms with E-state index in [0.29, 0.717) is 5.69 Å². The number of nitrogens with zero attached hydrogens (tertiary/aromatic N) is 1. The molecule has 1 rings (SSSR count). The summed E-state index contributed by atoms with van der Waals surface area (Å²) in [4.78, 5) is 11.9. The van der Waals surface area contributed by atoms with Crippen molar-refractivity contribution in [2.75, 3.05) is 11.4 Å². The summed E-state index contributed by atoms with van der Waals surface area (Å²) in [6.07, 6.45) is -2.90. The molecule has 0 saturated heterocycles. The highest BCUT2D eigenvalue weighted by Crippen LogP contribution is 2.19. The quantitative estimate of drug-likeness (QED) is 0.850. The first-order valence-corrected chi connectivity index (χ1v) is 5.24. The topological polar surface area (TPSA) is 60.8 Å². The van der Waals surface area contributed by atoms with Crippen molar-refractivity contribution >= 4 is 11.8 Å². The summed E-state index contributed by atoms with van der Waals surface area (Å²) in [5.41, 5.74) is -1.19. The van der Waals surface area contributed by atoms with Gasteiger partial charge in [0.05, 0.1) is 12.1 Å². The molecule has 0 spiro atoms. The molecule has 4 nitrogen and oxygen atoms in total. The van der Waals surface area contributed by atoms with Gasteiger partial charge in [-0.3, -0.25) is 4.90 Å². The third-order valence-corrected chi connectivity index (χ3v) is 2.41. The Balaban J connectivity index is 2.86. The third-order valence-electron chi connectivity index (χ3n) is 2.41. The Kier molecular flexibility index (Phi) is 4.07. The lowest BCUT2D eigenvalue weighted by Crippen LogP contribution is -2.44. The highest BCUT2D eigenvalue weighted by molar-refractivity contribution is 5.86. The van der Waals surface area contributed by atoms with E-state index in [9.17, 15) is 14.3 Å². The maximum Gasteiger partial charge on any atom is 0.411 e. The molecule has 17 heavy (non-hydrogen) atoms. The number of amides is 1. The minimum Gasteiger partial charge on any atom is -0.465 e. The molecule has 94 valence electrons. The smallest absolute Gasteiger partial charge is 0.411 e. The molecule has 1 aromatic rings. The maximum absolute atomic E-state index is 13.7. The average molecular weight is 241 g/mol. The predicted octanol–water partition coefficient (Wildman–Crippen LogP) is 2.28. The van der Waals surface area contributed by atoms with Crippen molar-refractivity contribution in [3.63, 3.8) is 0 Å². The first kappa shape index (κ1) is 13.4. The normalized spacial score (nSPS) is 13.2. The van der Waals surface area contributed by atoms with Gasteiger partial charge in [-0.25, -0.2) is 9.18 Å². The van der Waals surface area contributed by atoms with E-state index in [0.717, 1.165) is 4.90 Å². The van der Waals surface area contributed by atoms with Crippen molar-refractivity contribution < 1.29 is 19.4 Å². The van der Waals surface area contributed by atoms with Crippen molar-refractivity contribution in [2.24, 2.45) is 0 Å². The Hall–Kier alpha value is -1.62. The van der Waals surface area contributed by atoms with E-state index in [1.165, 1.54) is 13.8 Å². The van der Waals surface area contributed by atoms with Crippen LogP contribution >= 0.6 is 0 Å². The number of hydrogen-bond acceptors (Lipinski definition) is 2. The van der Waals surface area contributed by atoms with E-state index in [1.54, 1.807) is 30.3 Å². The predicted molar refractivity (Wildman–Crippen MR) is 63.0 cm³/mol. The minimum atomic E-state index is -1.65. The molecule has 2 N–H and O–H groups in total. The van der Waals surface area contributed by atoms with Gasteiger partial charge in [0.15, 0.2) is 0 Å². The Morgan fingerprint density at radius 2 is 1.94 bits per heavy atom. The van der Waals surface area contributed by atoms with Crippen molar-refractivity contribution in [2.45, 2.75) is 25.6 Å². The van der Waals surface area contributed by atoms with Crippen LogP contribution in [0.1, 0.15) is 13.8 Å². The summed E-state index contributed by atoms with van der Waals surface area (Å²) in [7, 11) is 0. The molecule has 5 heteroatoms. The largest absolute Gasteiger partial charge is 0.465 e. The van der Waals surface area contributed by atoms with Crippen LogP contribution in [-0.4, -0.2) is 34.6 Å². The molecule has 1 atom stereocenters. The summed E-state index contributed by atoms with van der Waals surface area (Å²) in [6, 6.07) is 8.23. The zero-order valence-corrected chi connectivity index (χ0v) is 9.80. The first-order chi connectivity index (χ1) is 7.82. The van der Waals surface area contributed by atoms with E-state index in [4.69, 9.17) is 5.11 Å². The van der Waals surface area contributed by atoms with Gasteiger partial charge in [-0.1, -0.05) is 18.2 Å². The van der Waals surface area contributed by atoms with Crippen LogP contribution < -0.4 is 4.90 Å². The van der Waals surface area contributed by atoms with Gasteiger partial charge in [-0.05, 0) is 26.0 Å². The van der Waals surface area contributed by atoms with Gasteiger partial charge in [-0.15, -0.1) is 0 Å². The molecule has 0 unspecified atom stereocenters. The Morgan fingerprint density at radius 1 is 1.41 bits per heavy atom. The number of anilines is 1. The number of hydrogen-bond donors (Lipinski definition) is 2. The number of halogens is 1. The summed E-state index contributed by atoms with van der Waals surface area (Å²) < 4.78 is 13.7. The van der Waals surface area contributed by atoms with Crippen molar-refractivity contribution in [1.82, 2.24) is 0 Å².